The highest BCUT2D eigenvalue weighted by Crippen LogP contribution is 2.17. The number of ether oxygens (including phenoxy) is 1. The Hall–Kier alpha value is -0.950. The van der Waals surface area contributed by atoms with Crippen molar-refractivity contribution >= 4 is 10.0 Å². The van der Waals surface area contributed by atoms with Crippen molar-refractivity contribution in [2.24, 2.45) is 0 Å². The van der Waals surface area contributed by atoms with Gasteiger partial charge in [-0.1, -0.05) is 12.1 Å². The van der Waals surface area contributed by atoms with Crippen molar-refractivity contribution in [3.05, 3.63) is 29.8 Å². The van der Waals surface area contributed by atoms with E-state index in [0.29, 0.717) is 31.6 Å². The highest BCUT2D eigenvalue weighted by molar-refractivity contribution is 7.89. The summed E-state index contributed by atoms with van der Waals surface area (Å²) in [5.41, 5.74) is 0.699. The van der Waals surface area contributed by atoms with Crippen molar-refractivity contribution in [2.75, 3.05) is 13.2 Å². The standard InChI is InChI=1S/C13H19NO4S/c1-10(15)11-2-4-13(5-3-11)19(16,17)14-12-6-8-18-9-7-12/h2-5,10,12,14-15H,6-9H2,1H3. The van der Waals surface area contributed by atoms with E-state index in [9.17, 15) is 13.5 Å². The van der Waals surface area contributed by atoms with Gasteiger partial charge in [0.1, 0.15) is 0 Å². The zero-order chi connectivity index (χ0) is 13.9. The fraction of sp³-hybridized carbons (Fsp3) is 0.538. The molecule has 6 heteroatoms. The van der Waals surface area contributed by atoms with E-state index in [1.165, 1.54) is 12.1 Å². The summed E-state index contributed by atoms with van der Waals surface area (Å²) in [6.07, 6.45) is 0.802. The highest BCUT2D eigenvalue weighted by atomic mass is 32.2. The fourth-order valence-corrected chi connectivity index (χ4v) is 3.33. The summed E-state index contributed by atoms with van der Waals surface area (Å²) < 4.78 is 32.2. The maximum Gasteiger partial charge on any atom is 0.240 e. The molecule has 1 aliphatic heterocycles. The van der Waals surface area contributed by atoms with Crippen LogP contribution in [0.3, 0.4) is 0 Å². The predicted octanol–water partition coefficient (Wildman–Crippen LogP) is 1.20. The van der Waals surface area contributed by atoms with Gasteiger partial charge in [-0.2, -0.15) is 0 Å². The monoisotopic (exact) mass is 285 g/mol. The zero-order valence-electron chi connectivity index (χ0n) is 10.9. The molecule has 2 N–H and O–H groups in total. The first-order chi connectivity index (χ1) is 8.99. The van der Waals surface area contributed by atoms with E-state index < -0.39 is 16.1 Å². The Morgan fingerprint density at radius 3 is 2.37 bits per heavy atom. The molecule has 1 aliphatic rings. The molecule has 1 fully saturated rings. The molecule has 19 heavy (non-hydrogen) atoms. The molecule has 0 aliphatic carbocycles. The van der Waals surface area contributed by atoms with Gasteiger partial charge in [0, 0.05) is 19.3 Å². The molecule has 0 spiro atoms. The molecule has 0 saturated carbocycles. The first-order valence-electron chi connectivity index (χ1n) is 6.37. The molecule has 0 aromatic heterocycles. The van der Waals surface area contributed by atoms with Crippen LogP contribution in [-0.2, 0) is 14.8 Å². The first kappa shape index (κ1) is 14.5. The molecule has 1 aromatic carbocycles. The van der Waals surface area contributed by atoms with Gasteiger partial charge < -0.3 is 9.84 Å². The van der Waals surface area contributed by atoms with Crippen LogP contribution in [0.5, 0.6) is 0 Å². The first-order valence-corrected chi connectivity index (χ1v) is 7.85. The van der Waals surface area contributed by atoms with Gasteiger partial charge in [-0.05, 0) is 37.5 Å². The summed E-state index contributed by atoms with van der Waals surface area (Å²) in [6.45, 7) is 2.83. The zero-order valence-corrected chi connectivity index (χ0v) is 11.7. The topological polar surface area (TPSA) is 75.6 Å². The van der Waals surface area contributed by atoms with Gasteiger partial charge in [-0.3, -0.25) is 0 Å². The lowest BCUT2D eigenvalue weighted by Gasteiger charge is -2.23. The van der Waals surface area contributed by atoms with E-state index in [4.69, 9.17) is 4.74 Å². The summed E-state index contributed by atoms with van der Waals surface area (Å²) in [7, 11) is -3.49. The molecule has 106 valence electrons. The molecule has 1 heterocycles. The van der Waals surface area contributed by atoms with E-state index in [2.05, 4.69) is 4.72 Å². The third-order valence-electron chi connectivity index (χ3n) is 3.22. The van der Waals surface area contributed by atoms with Crippen molar-refractivity contribution in [3.8, 4) is 0 Å². The Morgan fingerprint density at radius 2 is 1.84 bits per heavy atom. The van der Waals surface area contributed by atoms with Crippen molar-refractivity contribution < 1.29 is 18.3 Å². The normalized spacial score (nSPS) is 19.3. The number of benzene rings is 1. The van der Waals surface area contributed by atoms with Crippen LogP contribution in [0, 0.1) is 0 Å². The lowest BCUT2D eigenvalue weighted by atomic mass is 10.1. The number of hydrogen-bond acceptors (Lipinski definition) is 4. The van der Waals surface area contributed by atoms with E-state index >= 15 is 0 Å². The highest BCUT2D eigenvalue weighted by Gasteiger charge is 2.22. The number of hydrogen-bond donors (Lipinski definition) is 2. The smallest absolute Gasteiger partial charge is 0.240 e. The Morgan fingerprint density at radius 1 is 1.26 bits per heavy atom. The van der Waals surface area contributed by atoms with Crippen LogP contribution in [0.4, 0.5) is 0 Å². The maximum absolute atomic E-state index is 12.2. The van der Waals surface area contributed by atoms with Crippen molar-refractivity contribution in [3.63, 3.8) is 0 Å². The Kier molecular flexibility index (Phi) is 4.57. The predicted molar refractivity (Wildman–Crippen MR) is 71.2 cm³/mol. The van der Waals surface area contributed by atoms with Gasteiger partial charge in [0.15, 0.2) is 0 Å². The quantitative estimate of drug-likeness (QED) is 0.871. The number of sulfonamides is 1. The molecule has 1 aromatic rings. The van der Waals surface area contributed by atoms with E-state index in [0.717, 1.165) is 0 Å². The van der Waals surface area contributed by atoms with Crippen LogP contribution in [-0.4, -0.2) is 32.8 Å². The minimum absolute atomic E-state index is 0.0600. The molecule has 5 nitrogen and oxygen atoms in total. The Bertz CT molecular complexity index is 504. The van der Waals surface area contributed by atoms with Crippen molar-refractivity contribution in [1.29, 1.82) is 0 Å². The number of rotatable bonds is 4. The van der Waals surface area contributed by atoms with E-state index in [-0.39, 0.29) is 10.9 Å². The van der Waals surface area contributed by atoms with Crippen LogP contribution >= 0.6 is 0 Å². The summed E-state index contributed by atoms with van der Waals surface area (Å²) in [5, 5.41) is 9.40. The molecule has 2 rings (SSSR count). The Labute approximate surface area is 113 Å². The summed E-state index contributed by atoms with van der Waals surface area (Å²) in [4.78, 5) is 0.225. The van der Waals surface area contributed by atoms with Gasteiger partial charge in [0.2, 0.25) is 10.0 Å². The van der Waals surface area contributed by atoms with Gasteiger partial charge in [0.25, 0.3) is 0 Å². The van der Waals surface area contributed by atoms with Gasteiger partial charge >= 0.3 is 0 Å². The molecule has 1 saturated heterocycles. The lowest BCUT2D eigenvalue weighted by molar-refractivity contribution is 0.0832. The summed E-state index contributed by atoms with van der Waals surface area (Å²) >= 11 is 0. The average Bonchev–Trinajstić information content (AvgIpc) is 2.39. The molecule has 0 radical (unpaired) electrons. The SMILES string of the molecule is CC(O)c1ccc(S(=O)(=O)NC2CCOCC2)cc1. The number of aliphatic hydroxyl groups excluding tert-OH is 1. The average molecular weight is 285 g/mol. The molecular formula is C13H19NO4S. The molecule has 0 bridgehead atoms. The van der Waals surface area contributed by atoms with Crippen molar-refractivity contribution in [1.82, 2.24) is 4.72 Å². The van der Waals surface area contributed by atoms with Gasteiger partial charge in [-0.25, -0.2) is 13.1 Å². The van der Waals surface area contributed by atoms with Crippen LogP contribution in [0.25, 0.3) is 0 Å². The fourth-order valence-electron chi connectivity index (χ4n) is 2.03. The van der Waals surface area contributed by atoms with Crippen LogP contribution in [0.15, 0.2) is 29.2 Å². The number of aliphatic hydroxyl groups is 1. The molecular weight excluding hydrogens is 266 g/mol. The minimum atomic E-state index is -3.49. The second-order valence-electron chi connectivity index (χ2n) is 4.75. The second kappa shape index (κ2) is 6.00. The Balaban J connectivity index is 2.10. The summed E-state index contributed by atoms with van der Waals surface area (Å²) in [5.74, 6) is 0. The minimum Gasteiger partial charge on any atom is -0.389 e. The summed E-state index contributed by atoms with van der Waals surface area (Å²) in [6, 6.07) is 6.23. The third-order valence-corrected chi connectivity index (χ3v) is 4.75. The number of nitrogens with one attached hydrogen (secondary N) is 1. The second-order valence-corrected chi connectivity index (χ2v) is 6.47. The van der Waals surface area contributed by atoms with E-state index in [1.807, 2.05) is 0 Å². The van der Waals surface area contributed by atoms with Crippen molar-refractivity contribution in [2.45, 2.75) is 36.8 Å². The largest absolute Gasteiger partial charge is 0.389 e. The van der Waals surface area contributed by atoms with Gasteiger partial charge in [-0.15, -0.1) is 0 Å². The van der Waals surface area contributed by atoms with Gasteiger partial charge in [0.05, 0.1) is 11.0 Å². The maximum atomic E-state index is 12.2. The molecule has 1 unspecified atom stereocenters. The van der Waals surface area contributed by atoms with Crippen LogP contribution < -0.4 is 4.72 Å². The van der Waals surface area contributed by atoms with Crippen LogP contribution in [0.2, 0.25) is 0 Å². The molecule has 0 amide bonds. The van der Waals surface area contributed by atoms with Crippen LogP contribution in [0.1, 0.15) is 31.4 Å². The van der Waals surface area contributed by atoms with E-state index in [1.54, 1.807) is 19.1 Å². The lowest BCUT2D eigenvalue weighted by Crippen LogP contribution is -2.38. The molecule has 1 atom stereocenters. The third kappa shape index (κ3) is 3.76.